The molecule has 4 aromatic carbocycles. The molecule has 0 saturated carbocycles. The molecule has 0 unspecified atom stereocenters. The van der Waals surface area contributed by atoms with Crippen LogP contribution in [0.5, 0.6) is 46.0 Å². The second kappa shape index (κ2) is 17.2. The molecule has 8 heteroatoms. The Morgan fingerprint density at radius 3 is 0.704 bits per heavy atom. The van der Waals surface area contributed by atoms with Gasteiger partial charge >= 0.3 is 0 Å². The molecule has 0 saturated heterocycles. The van der Waals surface area contributed by atoms with Crippen LogP contribution in [0, 0.1) is 0 Å². The topological polar surface area (TPSA) is 95.8 Å². The molecule has 2 N–H and O–H groups in total. The number of ether oxygens (including phenoxy) is 6. The summed E-state index contributed by atoms with van der Waals surface area (Å²) in [6.07, 6.45) is 1.15. The van der Waals surface area contributed by atoms with Crippen LogP contribution in [-0.4, -0.2) is 46.8 Å². The van der Waals surface area contributed by atoms with Crippen molar-refractivity contribution in [3.8, 4) is 46.0 Å². The molecule has 0 spiro atoms. The highest BCUT2D eigenvalue weighted by Crippen LogP contribution is 2.42. The number of hydrogen-bond acceptors (Lipinski definition) is 8. The second-order valence-electron chi connectivity index (χ2n) is 16.0. The maximum atomic E-state index is 11.5. The summed E-state index contributed by atoms with van der Waals surface area (Å²) in [6.45, 7) is 24.0. The molecule has 0 radical (unpaired) electrons. The lowest BCUT2D eigenvalue weighted by molar-refractivity contribution is 0.225. The van der Waals surface area contributed by atoms with Gasteiger partial charge in [-0.15, -0.1) is 0 Å². The number of benzene rings is 4. The van der Waals surface area contributed by atoms with Crippen molar-refractivity contribution in [1.82, 2.24) is 0 Å². The van der Waals surface area contributed by atoms with E-state index in [2.05, 4.69) is 12.1 Å². The van der Waals surface area contributed by atoms with Gasteiger partial charge in [0.2, 0.25) is 0 Å². The average molecular weight is 741 g/mol. The standard InChI is InChI=1S/C46H60O8/c1-25(2)49-41-21-39(47)31-13-33(41)17-37-20-38(46(54-30(11)12)24-45(37)53-29(9)10)18-34-14-32(40(48)22-42(34)50-26(3)4)16-36-19-35(15-31)43(51-27(5)6)23-44(36)52-28(7)8/h13-14,19-30,47-48H,15-18H2,1-12H3. The maximum absolute atomic E-state index is 11.5. The number of hydrogen-bond donors (Lipinski definition) is 2. The number of aromatic hydroxyl groups is 2. The van der Waals surface area contributed by atoms with Crippen molar-refractivity contribution in [2.24, 2.45) is 0 Å². The molecule has 0 fully saturated rings. The summed E-state index contributed by atoms with van der Waals surface area (Å²) in [6, 6.07) is 15.7. The maximum Gasteiger partial charge on any atom is 0.126 e. The van der Waals surface area contributed by atoms with Crippen molar-refractivity contribution < 1.29 is 38.6 Å². The van der Waals surface area contributed by atoms with Crippen LogP contribution < -0.4 is 28.4 Å². The lowest BCUT2D eigenvalue weighted by Gasteiger charge is -2.24. The molecular formula is C46H60O8. The number of phenols is 2. The van der Waals surface area contributed by atoms with Crippen molar-refractivity contribution in [2.75, 3.05) is 0 Å². The molecule has 54 heavy (non-hydrogen) atoms. The Morgan fingerprint density at radius 2 is 0.481 bits per heavy atom. The lowest BCUT2D eigenvalue weighted by atomic mass is 9.91. The van der Waals surface area contributed by atoms with Gasteiger partial charge in [0.15, 0.2) is 0 Å². The van der Waals surface area contributed by atoms with E-state index >= 15 is 0 Å². The van der Waals surface area contributed by atoms with Crippen LogP contribution in [0.1, 0.15) is 128 Å². The van der Waals surface area contributed by atoms with Crippen molar-refractivity contribution in [3.63, 3.8) is 0 Å². The SMILES string of the molecule is CC(C)Oc1cc(OC(C)C)c2cc1Cc1cc(c(OC(C)C)cc1O)Cc1cc(c(OC(C)C)cc1OC(C)C)Cc1cc(c(O)cc1OC(C)C)C2. The lowest BCUT2D eigenvalue weighted by Crippen LogP contribution is -2.14. The molecular weight excluding hydrogens is 680 g/mol. The van der Waals surface area contributed by atoms with Gasteiger partial charge in [0, 0.05) is 49.9 Å². The summed E-state index contributed by atoms with van der Waals surface area (Å²) in [4.78, 5) is 0. The minimum absolute atomic E-state index is 0.0805. The van der Waals surface area contributed by atoms with Crippen LogP contribution in [0.3, 0.4) is 0 Å². The molecule has 0 heterocycles. The summed E-state index contributed by atoms with van der Waals surface area (Å²) >= 11 is 0. The van der Waals surface area contributed by atoms with Gasteiger partial charge in [-0.3, -0.25) is 0 Å². The first-order chi connectivity index (χ1) is 25.4. The normalized spacial score (nSPS) is 12.9. The minimum Gasteiger partial charge on any atom is -0.508 e. The van der Waals surface area contributed by atoms with Crippen LogP contribution in [0.15, 0.2) is 48.5 Å². The Kier molecular flexibility index (Phi) is 12.9. The zero-order valence-electron chi connectivity index (χ0n) is 34.3. The van der Waals surface area contributed by atoms with E-state index in [1.165, 1.54) is 0 Å². The third kappa shape index (κ3) is 10.3. The van der Waals surface area contributed by atoms with Gasteiger partial charge in [-0.1, -0.05) is 0 Å². The highest BCUT2D eigenvalue weighted by Gasteiger charge is 2.24. The monoisotopic (exact) mass is 740 g/mol. The number of phenolic OH excluding ortho intramolecular Hbond substituents is 2. The fourth-order valence-electron chi connectivity index (χ4n) is 6.76. The molecule has 292 valence electrons. The summed E-state index contributed by atoms with van der Waals surface area (Å²) in [7, 11) is 0. The predicted octanol–water partition coefficient (Wildman–Crippen LogP) is 10.5. The van der Waals surface area contributed by atoms with E-state index in [4.69, 9.17) is 28.4 Å². The first-order valence-corrected chi connectivity index (χ1v) is 19.5. The highest BCUT2D eigenvalue weighted by atomic mass is 16.5. The van der Waals surface area contributed by atoms with Crippen LogP contribution in [0.25, 0.3) is 0 Å². The van der Waals surface area contributed by atoms with Crippen molar-refractivity contribution in [1.29, 1.82) is 0 Å². The molecule has 4 aromatic rings. The van der Waals surface area contributed by atoms with Crippen molar-refractivity contribution in [2.45, 2.75) is 145 Å². The van der Waals surface area contributed by atoms with Gasteiger partial charge in [0.05, 0.1) is 36.6 Å². The van der Waals surface area contributed by atoms with Gasteiger partial charge < -0.3 is 38.6 Å². The zero-order chi connectivity index (χ0) is 39.4. The van der Waals surface area contributed by atoms with Gasteiger partial charge in [0.25, 0.3) is 0 Å². The summed E-state index contributed by atoms with van der Waals surface area (Å²) < 4.78 is 38.4. The quantitative estimate of drug-likeness (QED) is 0.131. The molecule has 8 nitrogen and oxygen atoms in total. The van der Waals surface area contributed by atoms with Crippen LogP contribution in [0.2, 0.25) is 0 Å². The second-order valence-corrected chi connectivity index (χ2v) is 16.0. The largest absolute Gasteiger partial charge is 0.508 e. The smallest absolute Gasteiger partial charge is 0.126 e. The molecule has 1 aliphatic carbocycles. The van der Waals surface area contributed by atoms with E-state index in [-0.39, 0.29) is 48.1 Å². The highest BCUT2D eigenvalue weighted by molar-refractivity contribution is 5.58. The van der Waals surface area contributed by atoms with E-state index in [0.29, 0.717) is 48.7 Å². The summed E-state index contributed by atoms with van der Waals surface area (Å²) in [5.74, 6) is 4.30. The van der Waals surface area contributed by atoms with Crippen LogP contribution >= 0.6 is 0 Å². The number of rotatable bonds is 12. The summed E-state index contributed by atoms with van der Waals surface area (Å²) in [5, 5.41) is 23.1. The number of fused-ring (bicyclic) bond motifs is 8. The van der Waals surface area contributed by atoms with Gasteiger partial charge in [-0.25, -0.2) is 0 Å². The van der Waals surface area contributed by atoms with Crippen LogP contribution in [-0.2, 0) is 25.7 Å². The van der Waals surface area contributed by atoms with E-state index in [1.54, 1.807) is 12.1 Å². The van der Waals surface area contributed by atoms with E-state index < -0.39 is 0 Å². The Labute approximate surface area is 322 Å². The first kappa shape index (κ1) is 40.5. The van der Waals surface area contributed by atoms with Gasteiger partial charge in [0.1, 0.15) is 46.0 Å². The third-order valence-electron chi connectivity index (χ3n) is 8.71. The fourth-order valence-corrected chi connectivity index (χ4v) is 6.76. The summed E-state index contributed by atoms with van der Waals surface area (Å²) in [5.41, 5.74) is 7.00. The Morgan fingerprint density at radius 1 is 0.296 bits per heavy atom. The molecule has 0 amide bonds. The average Bonchev–Trinajstić information content (AvgIpc) is 3.03. The predicted molar refractivity (Wildman–Crippen MR) is 215 cm³/mol. The van der Waals surface area contributed by atoms with Crippen molar-refractivity contribution >= 4 is 0 Å². The molecule has 0 aliphatic heterocycles. The van der Waals surface area contributed by atoms with E-state index in [9.17, 15) is 10.2 Å². The molecule has 8 bridgehead atoms. The minimum atomic E-state index is -0.110. The van der Waals surface area contributed by atoms with Crippen LogP contribution in [0.4, 0.5) is 0 Å². The Hall–Kier alpha value is -4.72. The van der Waals surface area contributed by atoms with Gasteiger partial charge in [-0.2, -0.15) is 0 Å². The first-order valence-electron chi connectivity index (χ1n) is 19.5. The zero-order valence-corrected chi connectivity index (χ0v) is 34.3. The molecule has 5 rings (SSSR count). The molecule has 1 aliphatic rings. The molecule has 0 aromatic heterocycles. The fraction of sp³-hybridized carbons (Fsp3) is 0.478. The Balaban J connectivity index is 1.85. The van der Waals surface area contributed by atoms with E-state index in [0.717, 1.165) is 56.0 Å². The van der Waals surface area contributed by atoms with Crippen molar-refractivity contribution in [3.05, 3.63) is 93.0 Å². The van der Waals surface area contributed by atoms with E-state index in [1.807, 2.05) is 107 Å². The molecule has 0 atom stereocenters. The van der Waals surface area contributed by atoms with Gasteiger partial charge in [-0.05, 0) is 152 Å². The third-order valence-corrected chi connectivity index (χ3v) is 8.71. The Bertz CT molecular complexity index is 1790.